The fourth-order valence-electron chi connectivity index (χ4n) is 1.98. The van der Waals surface area contributed by atoms with Crippen molar-refractivity contribution in [3.05, 3.63) is 62.3 Å². The third-order valence-corrected chi connectivity index (χ3v) is 4.12. The number of aromatic nitrogens is 1. The van der Waals surface area contributed by atoms with Crippen LogP contribution in [-0.4, -0.2) is 4.98 Å². The second-order valence-electron chi connectivity index (χ2n) is 4.23. The van der Waals surface area contributed by atoms with E-state index in [1.807, 2.05) is 0 Å². The molecule has 0 aliphatic carbocycles. The van der Waals surface area contributed by atoms with Crippen molar-refractivity contribution in [3.8, 4) is 0 Å². The van der Waals surface area contributed by atoms with Crippen molar-refractivity contribution in [1.29, 1.82) is 0 Å². The lowest BCUT2D eigenvalue weighted by Gasteiger charge is -2.22. The van der Waals surface area contributed by atoms with Gasteiger partial charge >= 0.3 is 6.18 Å². The molecule has 0 fully saturated rings. The molecule has 8 heteroatoms. The van der Waals surface area contributed by atoms with Gasteiger partial charge in [0.25, 0.3) is 0 Å². The zero-order valence-electron chi connectivity index (χ0n) is 10.5. The van der Waals surface area contributed by atoms with E-state index in [9.17, 15) is 13.2 Å². The van der Waals surface area contributed by atoms with Crippen LogP contribution in [0.2, 0.25) is 0 Å². The standard InChI is InChI=1S/C13H10Br2F3N3/c14-7-1-2-11(15)8(5-7)12(21-19)9-6-20-4-3-10(9)13(16,17)18/h1-6,12,21H,19H2. The zero-order valence-corrected chi connectivity index (χ0v) is 13.6. The Morgan fingerprint density at radius 3 is 2.48 bits per heavy atom. The minimum absolute atomic E-state index is 0.0358. The van der Waals surface area contributed by atoms with Crippen LogP contribution in [0.25, 0.3) is 0 Å². The Hall–Kier alpha value is -0.960. The normalized spacial score (nSPS) is 13.2. The molecule has 21 heavy (non-hydrogen) atoms. The van der Waals surface area contributed by atoms with E-state index in [0.717, 1.165) is 16.7 Å². The average molecular weight is 425 g/mol. The van der Waals surface area contributed by atoms with Crippen molar-refractivity contribution in [2.45, 2.75) is 12.2 Å². The summed E-state index contributed by atoms with van der Waals surface area (Å²) >= 11 is 6.62. The molecule has 1 atom stereocenters. The summed E-state index contributed by atoms with van der Waals surface area (Å²) in [6.45, 7) is 0. The zero-order chi connectivity index (χ0) is 15.6. The Labute approximate surface area is 136 Å². The van der Waals surface area contributed by atoms with E-state index in [1.54, 1.807) is 18.2 Å². The maximum absolute atomic E-state index is 13.1. The van der Waals surface area contributed by atoms with Crippen LogP contribution < -0.4 is 11.3 Å². The number of nitrogens with zero attached hydrogens (tertiary/aromatic N) is 1. The van der Waals surface area contributed by atoms with Crippen molar-refractivity contribution in [2.24, 2.45) is 5.84 Å². The van der Waals surface area contributed by atoms with Crippen LogP contribution >= 0.6 is 31.9 Å². The summed E-state index contributed by atoms with van der Waals surface area (Å²) in [7, 11) is 0. The van der Waals surface area contributed by atoms with Gasteiger partial charge in [0.2, 0.25) is 0 Å². The number of hydrazine groups is 1. The van der Waals surface area contributed by atoms with Crippen molar-refractivity contribution >= 4 is 31.9 Å². The maximum Gasteiger partial charge on any atom is 0.416 e. The molecule has 112 valence electrons. The molecule has 1 aromatic heterocycles. The number of nitrogens with two attached hydrogens (primary N) is 1. The first-order valence-electron chi connectivity index (χ1n) is 5.76. The second-order valence-corrected chi connectivity index (χ2v) is 6.00. The molecular weight excluding hydrogens is 415 g/mol. The molecule has 0 radical (unpaired) electrons. The van der Waals surface area contributed by atoms with Gasteiger partial charge in [0, 0.05) is 26.9 Å². The third-order valence-electron chi connectivity index (χ3n) is 2.90. The van der Waals surface area contributed by atoms with E-state index in [4.69, 9.17) is 5.84 Å². The Balaban J connectivity index is 2.60. The Morgan fingerprint density at radius 1 is 1.14 bits per heavy atom. The number of benzene rings is 1. The van der Waals surface area contributed by atoms with Crippen molar-refractivity contribution in [2.75, 3.05) is 0 Å². The van der Waals surface area contributed by atoms with Gasteiger partial charge < -0.3 is 0 Å². The molecule has 0 bridgehead atoms. The number of hydrogen-bond acceptors (Lipinski definition) is 3. The highest BCUT2D eigenvalue weighted by molar-refractivity contribution is 9.11. The highest BCUT2D eigenvalue weighted by atomic mass is 79.9. The Bertz CT molecular complexity index is 647. The lowest BCUT2D eigenvalue weighted by atomic mass is 9.96. The topological polar surface area (TPSA) is 50.9 Å². The van der Waals surface area contributed by atoms with Gasteiger partial charge in [-0.2, -0.15) is 13.2 Å². The van der Waals surface area contributed by atoms with Gasteiger partial charge in [-0.05, 0) is 29.8 Å². The summed E-state index contributed by atoms with van der Waals surface area (Å²) < 4.78 is 40.7. The second kappa shape index (κ2) is 6.43. The SMILES string of the molecule is NNC(c1cc(Br)ccc1Br)c1cnccc1C(F)(F)F. The average Bonchev–Trinajstić information content (AvgIpc) is 2.43. The van der Waals surface area contributed by atoms with Crippen LogP contribution in [0.5, 0.6) is 0 Å². The summed E-state index contributed by atoms with van der Waals surface area (Å²) in [6.07, 6.45) is -2.21. The van der Waals surface area contributed by atoms with E-state index >= 15 is 0 Å². The number of rotatable bonds is 3. The van der Waals surface area contributed by atoms with Crippen LogP contribution in [0.3, 0.4) is 0 Å². The van der Waals surface area contributed by atoms with Crippen LogP contribution in [0.15, 0.2) is 45.6 Å². The summed E-state index contributed by atoms with van der Waals surface area (Å²) in [5.74, 6) is 5.49. The number of alkyl halides is 3. The Morgan fingerprint density at radius 2 is 1.86 bits per heavy atom. The molecule has 1 aromatic carbocycles. The van der Waals surface area contributed by atoms with Crippen molar-refractivity contribution in [3.63, 3.8) is 0 Å². The van der Waals surface area contributed by atoms with E-state index in [-0.39, 0.29) is 5.56 Å². The van der Waals surface area contributed by atoms with Crippen LogP contribution in [0.4, 0.5) is 13.2 Å². The fraction of sp³-hybridized carbons (Fsp3) is 0.154. The molecule has 3 nitrogen and oxygen atoms in total. The summed E-state index contributed by atoms with van der Waals surface area (Å²) in [5, 5.41) is 0. The van der Waals surface area contributed by atoms with Crippen LogP contribution in [0.1, 0.15) is 22.7 Å². The van der Waals surface area contributed by atoms with Crippen LogP contribution in [-0.2, 0) is 6.18 Å². The first kappa shape index (κ1) is 16.4. The van der Waals surface area contributed by atoms with Gasteiger partial charge in [-0.3, -0.25) is 10.8 Å². The minimum atomic E-state index is -4.48. The lowest BCUT2D eigenvalue weighted by Crippen LogP contribution is -2.31. The molecule has 2 rings (SSSR count). The van der Waals surface area contributed by atoms with Crippen LogP contribution in [0, 0.1) is 0 Å². The largest absolute Gasteiger partial charge is 0.416 e. The highest BCUT2D eigenvalue weighted by Gasteiger charge is 2.35. The predicted molar refractivity (Wildman–Crippen MR) is 80.2 cm³/mol. The third kappa shape index (κ3) is 3.63. The van der Waals surface area contributed by atoms with E-state index < -0.39 is 17.8 Å². The maximum atomic E-state index is 13.1. The van der Waals surface area contributed by atoms with Gasteiger partial charge in [-0.25, -0.2) is 5.43 Å². The summed E-state index contributed by atoms with van der Waals surface area (Å²) in [5.41, 5.74) is 2.19. The number of hydrogen-bond donors (Lipinski definition) is 2. The van der Waals surface area contributed by atoms with Gasteiger partial charge in [0.15, 0.2) is 0 Å². The fourth-order valence-corrected chi connectivity index (χ4v) is 2.83. The molecule has 0 saturated carbocycles. The Kier molecular flexibility index (Phi) is 5.03. The van der Waals surface area contributed by atoms with Gasteiger partial charge in [0.05, 0.1) is 11.6 Å². The van der Waals surface area contributed by atoms with Crippen molar-refractivity contribution in [1.82, 2.24) is 10.4 Å². The molecule has 0 aliphatic heterocycles. The first-order chi connectivity index (χ1) is 9.84. The molecule has 2 aromatic rings. The van der Waals surface area contributed by atoms with Gasteiger partial charge in [-0.1, -0.05) is 31.9 Å². The quantitative estimate of drug-likeness (QED) is 0.574. The molecule has 0 aliphatic rings. The van der Waals surface area contributed by atoms with Gasteiger partial charge in [0.1, 0.15) is 0 Å². The van der Waals surface area contributed by atoms with E-state index in [0.29, 0.717) is 10.0 Å². The minimum Gasteiger partial charge on any atom is -0.271 e. The molecule has 3 N–H and O–H groups in total. The number of halogens is 5. The van der Waals surface area contributed by atoms with E-state index in [1.165, 1.54) is 6.20 Å². The molecular formula is C13H10Br2F3N3. The van der Waals surface area contributed by atoms with Crippen molar-refractivity contribution < 1.29 is 13.2 Å². The molecule has 0 spiro atoms. The van der Waals surface area contributed by atoms with E-state index in [2.05, 4.69) is 42.3 Å². The smallest absolute Gasteiger partial charge is 0.271 e. The van der Waals surface area contributed by atoms with Gasteiger partial charge in [-0.15, -0.1) is 0 Å². The lowest BCUT2D eigenvalue weighted by molar-refractivity contribution is -0.138. The summed E-state index contributed by atoms with van der Waals surface area (Å²) in [6, 6.07) is 5.29. The molecule has 1 heterocycles. The molecule has 0 saturated heterocycles. The monoisotopic (exact) mass is 423 g/mol. The molecule has 0 amide bonds. The number of nitrogens with one attached hydrogen (secondary N) is 1. The summed E-state index contributed by atoms with van der Waals surface area (Å²) in [4.78, 5) is 3.78. The molecule has 1 unspecified atom stereocenters. The number of pyridine rings is 1. The first-order valence-corrected chi connectivity index (χ1v) is 7.35. The predicted octanol–water partition coefficient (Wildman–Crippen LogP) is 4.18. The highest BCUT2D eigenvalue weighted by Crippen LogP contribution is 2.38.